The molecule has 2 aliphatic rings. The molecular formula is C20H32N4. The molecule has 24 heavy (non-hydrogen) atoms. The van der Waals surface area contributed by atoms with Gasteiger partial charge in [0.05, 0.1) is 0 Å². The molecule has 1 aliphatic carbocycles. The SMILES string of the molecule is CN=C(NCc1ccc(CN2CCCCC2C)cc1)NCC1CC1. The van der Waals surface area contributed by atoms with Crippen molar-refractivity contribution in [3.8, 4) is 0 Å². The summed E-state index contributed by atoms with van der Waals surface area (Å²) in [5, 5.41) is 6.81. The Kier molecular flexibility index (Phi) is 6.13. The summed E-state index contributed by atoms with van der Waals surface area (Å²) in [7, 11) is 1.84. The van der Waals surface area contributed by atoms with E-state index in [1.165, 1.54) is 49.8 Å². The van der Waals surface area contributed by atoms with Gasteiger partial charge in [-0.1, -0.05) is 30.7 Å². The standard InChI is InChI=1S/C20H32N4/c1-16-5-3-4-12-24(16)15-19-10-8-18(9-11-19)14-23-20(21-2)22-13-17-6-7-17/h8-11,16-17H,3-7,12-15H2,1-2H3,(H2,21,22,23). The number of nitrogens with one attached hydrogen (secondary N) is 2. The number of aliphatic imine (C=N–C) groups is 1. The lowest BCUT2D eigenvalue weighted by Gasteiger charge is -2.33. The number of hydrogen-bond donors (Lipinski definition) is 2. The largest absolute Gasteiger partial charge is 0.356 e. The first-order valence-electron chi connectivity index (χ1n) is 9.51. The van der Waals surface area contributed by atoms with Crippen molar-refractivity contribution in [1.82, 2.24) is 15.5 Å². The zero-order chi connectivity index (χ0) is 16.8. The van der Waals surface area contributed by atoms with Crippen LogP contribution in [0.25, 0.3) is 0 Å². The third kappa shape index (κ3) is 5.23. The molecule has 3 rings (SSSR count). The van der Waals surface area contributed by atoms with E-state index in [1.807, 2.05) is 7.05 Å². The quantitative estimate of drug-likeness (QED) is 0.622. The van der Waals surface area contributed by atoms with E-state index in [2.05, 4.69) is 51.7 Å². The average Bonchev–Trinajstić information content (AvgIpc) is 3.43. The number of rotatable bonds is 6. The van der Waals surface area contributed by atoms with Gasteiger partial charge >= 0.3 is 0 Å². The van der Waals surface area contributed by atoms with Crippen LogP contribution in [0.4, 0.5) is 0 Å². The summed E-state index contributed by atoms with van der Waals surface area (Å²) in [5.74, 6) is 1.77. The van der Waals surface area contributed by atoms with Crippen molar-refractivity contribution in [2.75, 3.05) is 20.1 Å². The van der Waals surface area contributed by atoms with Crippen molar-refractivity contribution in [3.63, 3.8) is 0 Å². The van der Waals surface area contributed by atoms with Crippen molar-refractivity contribution in [3.05, 3.63) is 35.4 Å². The molecule has 1 saturated carbocycles. The topological polar surface area (TPSA) is 39.7 Å². The molecule has 1 heterocycles. The molecule has 0 radical (unpaired) electrons. The van der Waals surface area contributed by atoms with E-state index in [0.717, 1.165) is 37.6 Å². The molecule has 4 nitrogen and oxygen atoms in total. The van der Waals surface area contributed by atoms with E-state index in [4.69, 9.17) is 0 Å². The van der Waals surface area contributed by atoms with Crippen molar-refractivity contribution in [2.45, 2.75) is 58.2 Å². The zero-order valence-corrected chi connectivity index (χ0v) is 15.2. The minimum Gasteiger partial charge on any atom is -0.356 e. The van der Waals surface area contributed by atoms with Gasteiger partial charge in [0.25, 0.3) is 0 Å². The molecule has 1 unspecified atom stereocenters. The van der Waals surface area contributed by atoms with Crippen LogP contribution in [-0.4, -0.2) is 37.0 Å². The molecule has 4 heteroatoms. The fourth-order valence-corrected chi connectivity index (χ4v) is 3.36. The Balaban J connectivity index is 1.45. The second-order valence-corrected chi connectivity index (χ2v) is 7.38. The van der Waals surface area contributed by atoms with Crippen LogP contribution in [0.1, 0.15) is 50.2 Å². The number of benzene rings is 1. The third-order valence-corrected chi connectivity index (χ3v) is 5.29. The summed E-state index contributed by atoms with van der Waals surface area (Å²) in [5.41, 5.74) is 2.73. The van der Waals surface area contributed by atoms with Gasteiger partial charge in [-0.2, -0.15) is 0 Å². The molecule has 2 fully saturated rings. The molecule has 1 aromatic rings. The van der Waals surface area contributed by atoms with Crippen LogP contribution in [0, 0.1) is 5.92 Å². The van der Waals surface area contributed by atoms with E-state index < -0.39 is 0 Å². The van der Waals surface area contributed by atoms with Gasteiger partial charge in [-0.05, 0) is 56.2 Å². The molecular weight excluding hydrogens is 296 g/mol. The van der Waals surface area contributed by atoms with E-state index in [1.54, 1.807) is 0 Å². The lowest BCUT2D eigenvalue weighted by molar-refractivity contribution is 0.152. The Labute approximate surface area is 146 Å². The predicted octanol–water partition coefficient (Wildman–Crippen LogP) is 3.14. The normalized spacial score (nSPS) is 22.4. The minimum atomic E-state index is 0.723. The summed E-state index contributed by atoms with van der Waals surface area (Å²) in [6, 6.07) is 9.76. The first kappa shape index (κ1) is 17.3. The van der Waals surface area contributed by atoms with E-state index >= 15 is 0 Å². The molecule has 0 bridgehead atoms. The minimum absolute atomic E-state index is 0.723. The lowest BCUT2D eigenvalue weighted by Crippen LogP contribution is -2.37. The van der Waals surface area contributed by atoms with Crippen LogP contribution in [-0.2, 0) is 13.1 Å². The molecule has 0 aromatic heterocycles. The van der Waals surface area contributed by atoms with Gasteiger partial charge in [-0.25, -0.2) is 0 Å². The highest BCUT2D eigenvalue weighted by molar-refractivity contribution is 5.79. The van der Waals surface area contributed by atoms with Gasteiger partial charge in [0.1, 0.15) is 0 Å². The van der Waals surface area contributed by atoms with Gasteiger partial charge in [-0.3, -0.25) is 9.89 Å². The van der Waals surface area contributed by atoms with Gasteiger partial charge < -0.3 is 10.6 Å². The molecule has 1 aliphatic heterocycles. The summed E-state index contributed by atoms with van der Waals surface area (Å²) < 4.78 is 0. The van der Waals surface area contributed by atoms with Crippen molar-refractivity contribution in [1.29, 1.82) is 0 Å². The Morgan fingerprint density at radius 2 is 1.83 bits per heavy atom. The monoisotopic (exact) mass is 328 g/mol. The van der Waals surface area contributed by atoms with Gasteiger partial charge in [0.15, 0.2) is 5.96 Å². The smallest absolute Gasteiger partial charge is 0.191 e. The van der Waals surface area contributed by atoms with E-state index in [9.17, 15) is 0 Å². The highest BCUT2D eigenvalue weighted by Gasteiger charge is 2.21. The molecule has 1 atom stereocenters. The van der Waals surface area contributed by atoms with Gasteiger partial charge in [-0.15, -0.1) is 0 Å². The van der Waals surface area contributed by atoms with Crippen molar-refractivity contribution >= 4 is 5.96 Å². The van der Waals surface area contributed by atoms with Crippen LogP contribution in [0.3, 0.4) is 0 Å². The first-order valence-corrected chi connectivity index (χ1v) is 9.51. The average molecular weight is 329 g/mol. The fourth-order valence-electron chi connectivity index (χ4n) is 3.36. The van der Waals surface area contributed by atoms with Crippen molar-refractivity contribution < 1.29 is 0 Å². The molecule has 0 spiro atoms. The highest BCUT2D eigenvalue weighted by atomic mass is 15.2. The number of likely N-dealkylation sites (tertiary alicyclic amines) is 1. The van der Waals surface area contributed by atoms with Gasteiger partial charge in [0.2, 0.25) is 0 Å². The maximum Gasteiger partial charge on any atom is 0.191 e. The second kappa shape index (κ2) is 8.52. The van der Waals surface area contributed by atoms with Crippen molar-refractivity contribution in [2.24, 2.45) is 10.9 Å². The molecule has 0 amide bonds. The second-order valence-electron chi connectivity index (χ2n) is 7.38. The van der Waals surface area contributed by atoms with Crippen LogP contribution < -0.4 is 10.6 Å². The number of guanidine groups is 1. The highest BCUT2D eigenvalue weighted by Crippen LogP contribution is 2.27. The van der Waals surface area contributed by atoms with E-state index in [-0.39, 0.29) is 0 Å². The Bertz CT molecular complexity index is 533. The Hall–Kier alpha value is -1.55. The van der Waals surface area contributed by atoms with Crippen LogP contribution in [0.5, 0.6) is 0 Å². The summed E-state index contributed by atoms with van der Waals surface area (Å²) in [6.07, 6.45) is 6.80. The van der Waals surface area contributed by atoms with E-state index in [0.29, 0.717) is 0 Å². The Morgan fingerprint density at radius 1 is 1.08 bits per heavy atom. The molecule has 1 aromatic carbocycles. The Morgan fingerprint density at radius 3 is 2.50 bits per heavy atom. The number of hydrogen-bond acceptors (Lipinski definition) is 2. The maximum absolute atomic E-state index is 4.29. The number of nitrogens with zero attached hydrogens (tertiary/aromatic N) is 2. The summed E-state index contributed by atoms with van der Waals surface area (Å²) in [4.78, 5) is 6.91. The van der Waals surface area contributed by atoms with Crippen LogP contribution >= 0.6 is 0 Å². The third-order valence-electron chi connectivity index (χ3n) is 5.29. The molecule has 1 saturated heterocycles. The first-order chi connectivity index (χ1) is 11.7. The zero-order valence-electron chi connectivity index (χ0n) is 15.2. The summed E-state index contributed by atoms with van der Waals surface area (Å²) in [6.45, 7) is 6.56. The lowest BCUT2D eigenvalue weighted by atomic mass is 10.0. The maximum atomic E-state index is 4.29. The van der Waals surface area contributed by atoms with Gasteiger partial charge in [0, 0.05) is 32.7 Å². The predicted molar refractivity (Wildman–Crippen MR) is 101 cm³/mol. The van der Waals surface area contributed by atoms with Crippen LogP contribution in [0.15, 0.2) is 29.3 Å². The summed E-state index contributed by atoms with van der Waals surface area (Å²) >= 11 is 0. The number of piperidine rings is 1. The molecule has 2 N–H and O–H groups in total. The fraction of sp³-hybridized carbons (Fsp3) is 0.650. The van der Waals surface area contributed by atoms with Crippen LogP contribution in [0.2, 0.25) is 0 Å². The molecule has 132 valence electrons.